The Morgan fingerprint density at radius 1 is 1.06 bits per heavy atom. The zero-order valence-electron chi connectivity index (χ0n) is 32.7. The summed E-state index contributed by atoms with van der Waals surface area (Å²) in [5.41, 5.74) is 4.73. The van der Waals surface area contributed by atoms with Crippen molar-refractivity contribution in [1.29, 1.82) is 0 Å². The van der Waals surface area contributed by atoms with E-state index in [1.807, 2.05) is 85.7 Å². The van der Waals surface area contributed by atoms with E-state index in [0.29, 0.717) is 35.5 Å². The molecule has 1 heterocycles. The molecule has 292 valence electrons. The van der Waals surface area contributed by atoms with Crippen molar-refractivity contribution in [1.82, 2.24) is 15.7 Å². The first-order valence-electron chi connectivity index (χ1n) is 19.2. The molecule has 0 unspecified atom stereocenters. The smallest absolute Gasteiger partial charge is 0.251 e. The Hall–Kier alpha value is -4.00. The lowest BCUT2D eigenvalue weighted by atomic mass is 9.45. The summed E-state index contributed by atoms with van der Waals surface area (Å²) in [5, 5.41) is 39.3. The van der Waals surface area contributed by atoms with E-state index >= 15 is 0 Å². The number of methoxy groups -OCH3 is 1. The molecule has 0 spiro atoms. The Balaban J connectivity index is 1.28. The summed E-state index contributed by atoms with van der Waals surface area (Å²) in [5.74, 6) is 0.796. The summed E-state index contributed by atoms with van der Waals surface area (Å²) in [6, 6.07) is 19.8. The maximum atomic E-state index is 14.2. The molecule has 1 aliphatic heterocycles. The topological polar surface area (TPSA) is 144 Å². The van der Waals surface area contributed by atoms with Gasteiger partial charge >= 0.3 is 0 Å². The minimum atomic E-state index is -0.913. The highest BCUT2D eigenvalue weighted by Crippen LogP contribution is 2.61. The molecule has 11 nitrogen and oxygen atoms in total. The molecule has 4 fully saturated rings. The van der Waals surface area contributed by atoms with Crippen molar-refractivity contribution in [2.45, 2.75) is 83.8 Å². The van der Waals surface area contributed by atoms with Crippen molar-refractivity contribution >= 4 is 17.5 Å². The predicted molar refractivity (Wildman–Crippen MR) is 209 cm³/mol. The maximum Gasteiger partial charge on any atom is 0.251 e. The lowest BCUT2D eigenvalue weighted by molar-refractivity contribution is -0.183. The number of carbonyl (C=O) groups is 2. The van der Waals surface area contributed by atoms with Gasteiger partial charge in [0.25, 0.3) is 5.91 Å². The monoisotopic (exact) mass is 742 g/mol. The van der Waals surface area contributed by atoms with Crippen LogP contribution in [0.3, 0.4) is 0 Å². The maximum absolute atomic E-state index is 14.2. The highest BCUT2D eigenvalue weighted by atomic mass is 16.7. The van der Waals surface area contributed by atoms with E-state index in [1.165, 1.54) is 6.42 Å². The summed E-state index contributed by atoms with van der Waals surface area (Å²) in [4.78, 5) is 36.1. The number of para-hydroxylation sites is 1. The number of hydrogen-bond donors (Lipinski definition) is 5. The fourth-order valence-corrected chi connectivity index (χ4v) is 9.31. The Bertz CT molecular complexity index is 1780. The minimum Gasteiger partial charge on any atom is -0.496 e. The van der Waals surface area contributed by atoms with Crippen molar-refractivity contribution in [3.05, 3.63) is 83.4 Å². The number of rotatable bonds is 14. The lowest BCUT2D eigenvalue weighted by Gasteiger charge is -2.62. The summed E-state index contributed by atoms with van der Waals surface area (Å²) in [6.45, 7) is 8.11. The van der Waals surface area contributed by atoms with E-state index in [9.17, 15) is 24.9 Å². The molecule has 5 N–H and O–H groups in total. The summed E-state index contributed by atoms with van der Waals surface area (Å²) in [6.07, 6.45) is 0.918. The van der Waals surface area contributed by atoms with Crippen molar-refractivity contribution in [2.75, 3.05) is 39.3 Å². The third-order valence-corrected chi connectivity index (χ3v) is 12.6. The first-order chi connectivity index (χ1) is 25.8. The zero-order valence-corrected chi connectivity index (χ0v) is 32.7. The van der Waals surface area contributed by atoms with Crippen molar-refractivity contribution in [3.63, 3.8) is 0 Å². The number of benzene rings is 3. The number of aliphatic hydroxyl groups excluding tert-OH is 3. The SMILES string of the molecule is COc1c(CN2O[C@@H](CO)[C@@H]([C@H](C)O)[C@H]2C(=O)N[C@H]2C[C@H]3C[C@H]([C@@H]2C)C3(C)C)cccc1-c1cc(C(=O)N[C@H](CO)Cc2ccccc2)cc(N(C)C)c1. The van der Waals surface area contributed by atoms with Crippen LogP contribution < -0.4 is 20.3 Å². The largest absolute Gasteiger partial charge is 0.496 e. The van der Waals surface area contributed by atoms with Crippen LogP contribution in [0, 0.1) is 29.1 Å². The number of ether oxygens (including phenoxy) is 1. The first-order valence-corrected chi connectivity index (χ1v) is 19.2. The zero-order chi connectivity index (χ0) is 38.9. The van der Waals surface area contributed by atoms with Crippen LogP contribution in [0.5, 0.6) is 5.75 Å². The summed E-state index contributed by atoms with van der Waals surface area (Å²) >= 11 is 0. The van der Waals surface area contributed by atoms with Gasteiger partial charge in [-0.15, -0.1) is 0 Å². The Labute approximate surface area is 319 Å². The molecule has 1 saturated heterocycles. The normalized spacial score (nSPS) is 27.0. The molecule has 2 amide bonds. The number of carbonyl (C=O) groups excluding carboxylic acids is 2. The number of nitrogens with zero attached hydrogens (tertiary/aromatic N) is 2. The molecule has 0 aromatic heterocycles. The fraction of sp³-hybridized carbons (Fsp3) is 0.535. The van der Waals surface area contributed by atoms with Gasteiger partial charge in [-0.2, -0.15) is 5.06 Å². The van der Waals surface area contributed by atoms with Gasteiger partial charge < -0.3 is 35.6 Å². The van der Waals surface area contributed by atoms with E-state index in [1.54, 1.807) is 19.1 Å². The lowest BCUT2D eigenvalue weighted by Crippen LogP contribution is -2.62. The third kappa shape index (κ3) is 7.88. The second kappa shape index (κ2) is 16.4. The Morgan fingerprint density at radius 3 is 2.41 bits per heavy atom. The number of aliphatic hydroxyl groups is 3. The Kier molecular flexibility index (Phi) is 12.0. The van der Waals surface area contributed by atoms with E-state index in [-0.39, 0.29) is 43.0 Å². The van der Waals surface area contributed by atoms with Crippen LogP contribution in [0.2, 0.25) is 0 Å². The molecule has 3 aliphatic carbocycles. The predicted octanol–water partition coefficient (Wildman–Crippen LogP) is 4.42. The third-order valence-electron chi connectivity index (χ3n) is 12.6. The van der Waals surface area contributed by atoms with E-state index < -0.39 is 30.2 Å². The van der Waals surface area contributed by atoms with Gasteiger partial charge in [-0.3, -0.25) is 14.4 Å². The summed E-state index contributed by atoms with van der Waals surface area (Å²) < 4.78 is 6.06. The van der Waals surface area contributed by atoms with Gasteiger partial charge in [-0.1, -0.05) is 69.3 Å². The molecule has 2 bridgehead atoms. The number of amides is 2. The van der Waals surface area contributed by atoms with Crippen LogP contribution in [0.4, 0.5) is 5.69 Å². The van der Waals surface area contributed by atoms with Crippen molar-refractivity contribution in [3.8, 4) is 16.9 Å². The standard InChI is InChI=1S/C43H58N4O7/c1-25-35-20-31(43(35,3)4)21-36(25)45-42(52)39-38(26(2)50)37(24-49)54-47(39)22-28-14-11-15-34(40(28)53-7)29-17-30(19-33(18-29)46(5)6)41(51)44-32(23-48)16-27-12-9-8-10-13-27/h8-15,17-19,25-26,31-32,35-39,48-50H,16,20-24H2,1-7H3,(H,44,51)(H,45,52)/t25-,26-,31+,32-,35+,36-,37-,38+,39-/m0/s1. The highest BCUT2D eigenvalue weighted by molar-refractivity contribution is 5.97. The highest BCUT2D eigenvalue weighted by Gasteiger charge is 2.57. The van der Waals surface area contributed by atoms with Crippen molar-refractivity contribution < 1.29 is 34.5 Å². The van der Waals surface area contributed by atoms with Crippen molar-refractivity contribution in [2.24, 2.45) is 29.1 Å². The van der Waals surface area contributed by atoms with Gasteiger partial charge in [-0.05, 0) is 78.7 Å². The van der Waals surface area contributed by atoms with Crippen LogP contribution in [-0.2, 0) is 22.6 Å². The van der Waals surface area contributed by atoms with Gasteiger partial charge in [0.1, 0.15) is 17.9 Å². The Morgan fingerprint density at radius 2 is 1.80 bits per heavy atom. The average molecular weight is 743 g/mol. The first kappa shape index (κ1) is 39.7. The molecule has 11 heteroatoms. The number of nitrogens with one attached hydrogen (secondary N) is 2. The molecular formula is C43H58N4O7. The van der Waals surface area contributed by atoms with Crippen LogP contribution in [-0.4, -0.2) is 96.9 Å². The van der Waals surface area contributed by atoms with E-state index in [4.69, 9.17) is 9.57 Å². The van der Waals surface area contributed by atoms with Gasteiger partial charge in [0.2, 0.25) is 5.91 Å². The quantitative estimate of drug-likeness (QED) is 0.162. The van der Waals surface area contributed by atoms with Crippen LogP contribution in [0.25, 0.3) is 11.1 Å². The summed E-state index contributed by atoms with van der Waals surface area (Å²) in [7, 11) is 5.40. The molecular weight excluding hydrogens is 684 g/mol. The number of fused-ring (bicyclic) bond motifs is 2. The molecule has 9 atom stereocenters. The number of hydrogen-bond acceptors (Lipinski definition) is 9. The fourth-order valence-electron chi connectivity index (χ4n) is 9.31. The molecule has 4 aliphatic rings. The molecule has 3 aromatic rings. The van der Waals surface area contributed by atoms with Crippen LogP contribution in [0.1, 0.15) is 62.0 Å². The second-order valence-corrected chi connectivity index (χ2v) is 16.4. The van der Waals surface area contributed by atoms with E-state index in [2.05, 4.69) is 31.4 Å². The second-order valence-electron chi connectivity index (χ2n) is 16.4. The van der Waals surface area contributed by atoms with Gasteiger partial charge in [0, 0.05) is 48.4 Å². The number of anilines is 1. The molecule has 54 heavy (non-hydrogen) atoms. The van der Waals surface area contributed by atoms with Crippen LogP contribution >= 0.6 is 0 Å². The average Bonchev–Trinajstić information content (AvgIpc) is 3.53. The van der Waals surface area contributed by atoms with Gasteiger partial charge in [0.15, 0.2) is 0 Å². The number of hydroxylamine groups is 2. The van der Waals surface area contributed by atoms with Gasteiger partial charge in [0.05, 0.1) is 39.0 Å². The van der Waals surface area contributed by atoms with Gasteiger partial charge in [-0.25, -0.2) is 0 Å². The molecule has 3 aromatic carbocycles. The molecule has 0 radical (unpaired) electrons. The minimum absolute atomic E-state index is 0.0261. The van der Waals surface area contributed by atoms with Crippen LogP contribution in [0.15, 0.2) is 66.7 Å². The molecule has 7 rings (SSSR count). The molecule has 3 saturated carbocycles. The van der Waals surface area contributed by atoms with E-state index in [0.717, 1.165) is 34.4 Å².